The maximum atomic E-state index is 13.5. The zero-order chi connectivity index (χ0) is 13.9. The van der Waals surface area contributed by atoms with E-state index in [2.05, 4.69) is 5.32 Å². The lowest BCUT2D eigenvalue weighted by atomic mass is 9.94. The molecule has 7 heteroatoms. The minimum Gasteiger partial charge on any atom is -0.322 e. The summed E-state index contributed by atoms with van der Waals surface area (Å²) in [6, 6.07) is 4.62. The molecular formula is C11H10FN3O3. The fourth-order valence-corrected chi connectivity index (χ4v) is 1.05. The van der Waals surface area contributed by atoms with Gasteiger partial charge in [-0.2, -0.15) is 5.26 Å². The Morgan fingerprint density at radius 1 is 1.56 bits per heavy atom. The molecule has 0 fully saturated rings. The van der Waals surface area contributed by atoms with Crippen LogP contribution in [0.1, 0.15) is 13.8 Å². The highest BCUT2D eigenvalue weighted by molar-refractivity contribution is 5.96. The van der Waals surface area contributed by atoms with Crippen molar-refractivity contribution in [2.24, 2.45) is 5.41 Å². The Balaban J connectivity index is 2.98. The SMILES string of the molecule is CC(C)(C#N)C(=O)Nc1ccc([N+](=O)[O-])cc1F. The van der Waals surface area contributed by atoms with E-state index >= 15 is 0 Å². The van der Waals surface area contributed by atoms with Gasteiger partial charge in [0, 0.05) is 6.07 Å². The lowest BCUT2D eigenvalue weighted by Crippen LogP contribution is -2.29. The smallest absolute Gasteiger partial charge is 0.272 e. The van der Waals surface area contributed by atoms with E-state index in [0.29, 0.717) is 6.07 Å². The molecule has 0 aromatic heterocycles. The Bertz CT molecular complexity index is 549. The molecule has 1 rings (SSSR count). The predicted octanol–water partition coefficient (Wildman–Crippen LogP) is 2.22. The van der Waals surface area contributed by atoms with Gasteiger partial charge in [0.05, 0.1) is 22.7 Å². The fraction of sp³-hybridized carbons (Fsp3) is 0.273. The van der Waals surface area contributed by atoms with Crippen LogP contribution in [0.15, 0.2) is 18.2 Å². The van der Waals surface area contributed by atoms with Crippen molar-refractivity contribution in [2.75, 3.05) is 5.32 Å². The molecule has 18 heavy (non-hydrogen) atoms. The van der Waals surface area contributed by atoms with E-state index in [4.69, 9.17) is 5.26 Å². The number of nitrogens with zero attached hydrogens (tertiary/aromatic N) is 2. The van der Waals surface area contributed by atoms with Crippen molar-refractivity contribution < 1.29 is 14.1 Å². The molecule has 1 amide bonds. The number of nitriles is 1. The molecule has 0 saturated carbocycles. The Labute approximate surface area is 102 Å². The summed E-state index contributed by atoms with van der Waals surface area (Å²) in [7, 11) is 0. The van der Waals surface area contributed by atoms with Crippen LogP contribution in [0, 0.1) is 32.7 Å². The van der Waals surface area contributed by atoms with Crippen LogP contribution in [0.3, 0.4) is 0 Å². The normalized spacial score (nSPS) is 10.6. The van der Waals surface area contributed by atoms with E-state index in [9.17, 15) is 19.3 Å². The van der Waals surface area contributed by atoms with Crippen LogP contribution in [0.25, 0.3) is 0 Å². The number of hydrogen-bond donors (Lipinski definition) is 1. The van der Waals surface area contributed by atoms with Crippen LogP contribution in [0.2, 0.25) is 0 Å². The maximum Gasteiger partial charge on any atom is 0.272 e. The van der Waals surface area contributed by atoms with Crippen LogP contribution in [0.5, 0.6) is 0 Å². The van der Waals surface area contributed by atoms with Gasteiger partial charge in [0.15, 0.2) is 5.82 Å². The van der Waals surface area contributed by atoms with Crippen molar-refractivity contribution in [3.63, 3.8) is 0 Å². The number of hydrogen-bond acceptors (Lipinski definition) is 4. The van der Waals surface area contributed by atoms with Gasteiger partial charge < -0.3 is 5.32 Å². The average Bonchev–Trinajstić information content (AvgIpc) is 2.31. The molecule has 1 N–H and O–H groups in total. The van der Waals surface area contributed by atoms with Gasteiger partial charge in [-0.15, -0.1) is 0 Å². The third kappa shape index (κ3) is 2.79. The van der Waals surface area contributed by atoms with Gasteiger partial charge in [-0.1, -0.05) is 0 Å². The molecule has 1 aromatic carbocycles. The Hall–Kier alpha value is -2.49. The number of halogens is 1. The van der Waals surface area contributed by atoms with Crippen molar-refractivity contribution in [1.29, 1.82) is 5.26 Å². The fourth-order valence-electron chi connectivity index (χ4n) is 1.05. The monoisotopic (exact) mass is 251 g/mol. The number of carbonyl (C=O) groups excluding carboxylic acids is 1. The van der Waals surface area contributed by atoms with Crippen molar-refractivity contribution in [2.45, 2.75) is 13.8 Å². The predicted molar refractivity (Wildman–Crippen MR) is 61.1 cm³/mol. The van der Waals surface area contributed by atoms with Gasteiger partial charge in [-0.3, -0.25) is 14.9 Å². The first kappa shape index (κ1) is 13.6. The molecule has 0 bridgehead atoms. The number of rotatable bonds is 3. The van der Waals surface area contributed by atoms with Crippen molar-refractivity contribution in [1.82, 2.24) is 0 Å². The van der Waals surface area contributed by atoms with Crippen LogP contribution >= 0.6 is 0 Å². The molecule has 0 aliphatic rings. The molecule has 0 aliphatic carbocycles. The second-order valence-electron chi connectivity index (χ2n) is 4.11. The first-order valence-electron chi connectivity index (χ1n) is 4.94. The van der Waals surface area contributed by atoms with Gasteiger partial charge in [-0.25, -0.2) is 4.39 Å². The van der Waals surface area contributed by atoms with E-state index in [1.54, 1.807) is 6.07 Å². The highest BCUT2D eigenvalue weighted by Gasteiger charge is 2.28. The van der Waals surface area contributed by atoms with Crippen molar-refractivity contribution >= 4 is 17.3 Å². The van der Waals surface area contributed by atoms with E-state index < -0.39 is 27.8 Å². The first-order valence-corrected chi connectivity index (χ1v) is 4.94. The molecule has 1 aromatic rings. The topological polar surface area (TPSA) is 96.0 Å². The summed E-state index contributed by atoms with van der Waals surface area (Å²) in [5.41, 5.74) is -1.92. The third-order valence-electron chi connectivity index (χ3n) is 2.26. The number of carbonyl (C=O) groups is 1. The summed E-state index contributed by atoms with van der Waals surface area (Å²) in [6.07, 6.45) is 0. The molecule has 0 spiro atoms. The quantitative estimate of drug-likeness (QED) is 0.658. The number of amides is 1. The summed E-state index contributed by atoms with van der Waals surface area (Å²) < 4.78 is 13.5. The lowest BCUT2D eigenvalue weighted by Gasteiger charge is -2.15. The number of benzene rings is 1. The molecular weight excluding hydrogens is 241 g/mol. The number of anilines is 1. The minimum absolute atomic E-state index is 0.200. The molecule has 6 nitrogen and oxygen atoms in total. The zero-order valence-electron chi connectivity index (χ0n) is 9.73. The van der Waals surface area contributed by atoms with Crippen LogP contribution < -0.4 is 5.32 Å². The van der Waals surface area contributed by atoms with Crippen LogP contribution in [0.4, 0.5) is 15.8 Å². The van der Waals surface area contributed by atoms with Crippen LogP contribution in [-0.2, 0) is 4.79 Å². The molecule has 0 heterocycles. The van der Waals surface area contributed by atoms with E-state index in [1.165, 1.54) is 13.8 Å². The summed E-state index contributed by atoms with van der Waals surface area (Å²) in [4.78, 5) is 21.3. The largest absolute Gasteiger partial charge is 0.322 e. The Morgan fingerprint density at radius 3 is 2.61 bits per heavy atom. The molecule has 0 radical (unpaired) electrons. The molecule has 0 unspecified atom stereocenters. The first-order chi connectivity index (χ1) is 8.27. The second-order valence-corrected chi connectivity index (χ2v) is 4.11. The van der Waals surface area contributed by atoms with E-state index in [0.717, 1.165) is 12.1 Å². The lowest BCUT2D eigenvalue weighted by molar-refractivity contribution is -0.385. The van der Waals surface area contributed by atoms with Gasteiger partial charge in [0.2, 0.25) is 5.91 Å². The molecule has 0 atom stereocenters. The number of nitro benzene ring substituents is 1. The molecule has 94 valence electrons. The summed E-state index contributed by atoms with van der Waals surface area (Å²) in [6.45, 7) is 2.76. The second kappa shape index (κ2) is 4.79. The highest BCUT2D eigenvalue weighted by atomic mass is 19.1. The van der Waals surface area contributed by atoms with Crippen LogP contribution in [-0.4, -0.2) is 10.8 Å². The van der Waals surface area contributed by atoms with E-state index in [1.807, 2.05) is 0 Å². The number of non-ortho nitro benzene ring substituents is 1. The van der Waals surface area contributed by atoms with Crippen molar-refractivity contribution in [3.8, 4) is 6.07 Å². The molecule has 0 aliphatic heterocycles. The Kier molecular flexibility index (Phi) is 3.61. The van der Waals surface area contributed by atoms with Gasteiger partial charge in [-0.05, 0) is 19.9 Å². The summed E-state index contributed by atoms with van der Waals surface area (Å²) in [5, 5.41) is 21.3. The Morgan fingerprint density at radius 2 is 2.17 bits per heavy atom. The van der Waals surface area contributed by atoms with Gasteiger partial charge in [0.25, 0.3) is 5.69 Å². The van der Waals surface area contributed by atoms with E-state index in [-0.39, 0.29) is 5.69 Å². The third-order valence-corrected chi connectivity index (χ3v) is 2.26. The van der Waals surface area contributed by atoms with Crippen molar-refractivity contribution in [3.05, 3.63) is 34.1 Å². The number of nitro groups is 1. The average molecular weight is 251 g/mol. The zero-order valence-corrected chi connectivity index (χ0v) is 9.73. The highest BCUT2D eigenvalue weighted by Crippen LogP contribution is 2.23. The van der Waals surface area contributed by atoms with Gasteiger partial charge in [0.1, 0.15) is 5.41 Å². The molecule has 0 saturated heterocycles. The number of nitrogens with one attached hydrogen (secondary N) is 1. The summed E-state index contributed by atoms with van der Waals surface area (Å²) >= 11 is 0. The minimum atomic E-state index is -1.31. The van der Waals surface area contributed by atoms with Gasteiger partial charge >= 0.3 is 0 Å². The summed E-state index contributed by atoms with van der Waals surface area (Å²) in [5.74, 6) is -1.61. The standard InChI is InChI=1S/C11H10FN3O3/c1-11(2,6-13)10(16)14-9-4-3-7(15(17)18)5-8(9)12/h3-5H,1-2H3,(H,14,16). The maximum absolute atomic E-state index is 13.5.